The molecule has 3 nitrogen and oxygen atoms in total. The van der Waals surface area contributed by atoms with Crippen molar-refractivity contribution in [3.05, 3.63) is 54.1 Å². The maximum atomic E-state index is 5.79. The third kappa shape index (κ3) is 7.81. The van der Waals surface area contributed by atoms with Crippen molar-refractivity contribution in [2.75, 3.05) is 18.5 Å². The SMILES string of the molecule is CCCCCCOc1ccc(NCc2cccc(OCCCC)c2)cc1. The number of ether oxygens (including phenoxy) is 2. The van der Waals surface area contributed by atoms with Gasteiger partial charge in [-0.3, -0.25) is 0 Å². The monoisotopic (exact) mass is 355 g/mol. The lowest BCUT2D eigenvalue weighted by Gasteiger charge is -2.10. The topological polar surface area (TPSA) is 30.5 Å². The molecule has 0 aliphatic carbocycles. The fourth-order valence-corrected chi connectivity index (χ4v) is 2.67. The summed E-state index contributed by atoms with van der Waals surface area (Å²) in [5.41, 5.74) is 2.32. The van der Waals surface area contributed by atoms with Gasteiger partial charge in [0.1, 0.15) is 11.5 Å². The first-order valence-corrected chi connectivity index (χ1v) is 10.00. The van der Waals surface area contributed by atoms with Crippen LogP contribution in [0.5, 0.6) is 11.5 Å². The summed E-state index contributed by atoms with van der Waals surface area (Å²) in [6.07, 6.45) is 7.17. The minimum absolute atomic E-state index is 0.780. The van der Waals surface area contributed by atoms with Gasteiger partial charge in [0.15, 0.2) is 0 Å². The first-order valence-electron chi connectivity index (χ1n) is 10.00. The lowest BCUT2D eigenvalue weighted by atomic mass is 10.2. The van der Waals surface area contributed by atoms with Crippen molar-refractivity contribution in [2.45, 2.75) is 58.9 Å². The number of nitrogens with one attached hydrogen (secondary N) is 1. The molecule has 142 valence electrons. The van der Waals surface area contributed by atoms with E-state index in [2.05, 4.69) is 43.4 Å². The fraction of sp³-hybridized carbons (Fsp3) is 0.478. The highest BCUT2D eigenvalue weighted by Gasteiger charge is 1.99. The summed E-state index contributed by atoms with van der Waals surface area (Å²) >= 11 is 0. The molecule has 0 radical (unpaired) electrons. The standard InChI is InChI=1S/C23H33NO2/c1-3-5-7-8-17-25-22-14-12-21(13-15-22)24-19-20-10-9-11-23(18-20)26-16-6-4-2/h9-15,18,24H,3-8,16-17,19H2,1-2H3. The van der Waals surface area contributed by atoms with E-state index in [0.29, 0.717) is 0 Å². The summed E-state index contributed by atoms with van der Waals surface area (Å²) in [6, 6.07) is 16.5. The summed E-state index contributed by atoms with van der Waals surface area (Å²) in [5, 5.41) is 3.46. The van der Waals surface area contributed by atoms with E-state index in [1.54, 1.807) is 0 Å². The summed E-state index contributed by atoms with van der Waals surface area (Å²) in [6.45, 7) is 6.77. The van der Waals surface area contributed by atoms with Gasteiger partial charge < -0.3 is 14.8 Å². The number of hydrogen-bond donors (Lipinski definition) is 1. The van der Waals surface area contributed by atoms with Crippen LogP contribution in [-0.4, -0.2) is 13.2 Å². The van der Waals surface area contributed by atoms with E-state index in [1.165, 1.54) is 24.8 Å². The van der Waals surface area contributed by atoms with Gasteiger partial charge in [0, 0.05) is 12.2 Å². The third-order valence-corrected chi connectivity index (χ3v) is 4.28. The summed E-state index contributed by atoms with van der Waals surface area (Å²) in [7, 11) is 0. The van der Waals surface area contributed by atoms with Crippen molar-refractivity contribution >= 4 is 5.69 Å². The molecule has 0 atom stereocenters. The van der Waals surface area contributed by atoms with Crippen LogP contribution in [0.3, 0.4) is 0 Å². The fourth-order valence-electron chi connectivity index (χ4n) is 2.67. The van der Waals surface area contributed by atoms with Crippen LogP contribution in [0.25, 0.3) is 0 Å². The highest BCUT2D eigenvalue weighted by molar-refractivity contribution is 5.47. The molecule has 0 aromatic heterocycles. The number of anilines is 1. The first-order chi connectivity index (χ1) is 12.8. The highest BCUT2D eigenvalue weighted by atomic mass is 16.5. The second-order valence-corrected chi connectivity index (χ2v) is 6.64. The Balaban J connectivity index is 1.74. The van der Waals surface area contributed by atoms with Crippen molar-refractivity contribution in [3.63, 3.8) is 0 Å². The molecule has 0 fully saturated rings. The van der Waals surface area contributed by atoms with Crippen LogP contribution in [0.15, 0.2) is 48.5 Å². The molecular formula is C23H33NO2. The van der Waals surface area contributed by atoms with Crippen LogP contribution >= 0.6 is 0 Å². The van der Waals surface area contributed by atoms with Crippen molar-refractivity contribution in [2.24, 2.45) is 0 Å². The molecule has 26 heavy (non-hydrogen) atoms. The Labute approximate surface area is 158 Å². The van der Waals surface area contributed by atoms with E-state index < -0.39 is 0 Å². The molecule has 0 saturated carbocycles. The molecular weight excluding hydrogens is 322 g/mol. The molecule has 0 aliphatic heterocycles. The number of benzene rings is 2. The molecule has 0 spiro atoms. The maximum Gasteiger partial charge on any atom is 0.119 e. The number of unbranched alkanes of at least 4 members (excludes halogenated alkanes) is 4. The van der Waals surface area contributed by atoms with Gasteiger partial charge in [-0.25, -0.2) is 0 Å². The quantitative estimate of drug-likeness (QED) is 0.420. The van der Waals surface area contributed by atoms with Gasteiger partial charge in [-0.05, 0) is 54.8 Å². The molecule has 0 saturated heterocycles. The molecule has 2 aromatic carbocycles. The van der Waals surface area contributed by atoms with E-state index in [4.69, 9.17) is 9.47 Å². The summed E-state index contributed by atoms with van der Waals surface area (Å²) < 4.78 is 11.6. The Morgan fingerprint density at radius 3 is 2.23 bits per heavy atom. The zero-order chi connectivity index (χ0) is 18.5. The Morgan fingerprint density at radius 1 is 0.731 bits per heavy atom. The largest absolute Gasteiger partial charge is 0.494 e. The Bertz CT molecular complexity index is 610. The molecule has 2 rings (SSSR count). The maximum absolute atomic E-state index is 5.79. The predicted molar refractivity (Wildman–Crippen MR) is 110 cm³/mol. The van der Waals surface area contributed by atoms with Gasteiger partial charge in [-0.2, -0.15) is 0 Å². The van der Waals surface area contributed by atoms with Crippen molar-refractivity contribution < 1.29 is 9.47 Å². The highest BCUT2D eigenvalue weighted by Crippen LogP contribution is 2.18. The van der Waals surface area contributed by atoms with E-state index in [0.717, 1.165) is 56.2 Å². The van der Waals surface area contributed by atoms with Crippen LogP contribution in [0.1, 0.15) is 57.9 Å². The zero-order valence-electron chi connectivity index (χ0n) is 16.3. The first kappa shape index (κ1) is 20.2. The number of hydrogen-bond acceptors (Lipinski definition) is 3. The lowest BCUT2D eigenvalue weighted by Crippen LogP contribution is -2.01. The minimum Gasteiger partial charge on any atom is -0.494 e. The average molecular weight is 356 g/mol. The average Bonchev–Trinajstić information content (AvgIpc) is 2.68. The normalized spacial score (nSPS) is 10.5. The minimum atomic E-state index is 0.780. The van der Waals surface area contributed by atoms with Crippen LogP contribution < -0.4 is 14.8 Å². The van der Waals surface area contributed by atoms with Gasteiger partial charge in [-0.15, -0.1) is 0 Å². The second-order valence-electron chi connectivity index (χ2n) is 6.64. The van der Waals surface area contributed by atoms with Crippen molar-refractivity contribution in [1.29, 1.82) is 0 Å². The molecule has 0 unspecified atom stereocenters. The summed E-state index contributed by atoms with van der Waals surface area (Å²) in [4.78, 5) is 0. The van der Waals surface area contributed by atoms with Crippen LogP contribution in [0, 0.1) is 0 Å². The Kier molecular flexibility index (Phi) is 9.48. The van der Waals surface area contributed by atoms with Crippen LogP contribution in [0.2, 0.25) is 0 Å². The van der Waals surface area contributed by atoms with Gasteiger partial charge in [0.2, 0.25) is 0 Å². The molecule has 2 aromatic rings. The molecule has 0 bridgehead atoms. The van der Waals surface area contributed by atoms with Gasteiger partial charge in [-0.1, -0.05) is 51.7 Å². The van der Waals surface area contributed by atoms with E-state index >= 15 is 0 Å². The molecule has 3 heteroatoms. The van der Waals surface area contributed by atoms with Gasteiger partial charge in [0.05, 0.1) is 13.2 Å². The molecule has 0 amide bonds. The smallest absolute Gasteiger partial charge is 0.119 e. The molecule has 0 heterocycles. The van der Waals surface area contributed by atoms with Crippen LogP contribution in [0.4, 0.5) is 5.69 Å². The van der Waals surface area contributed by atoms with E-state index in [1.807, 2.05) is 24.3 Å². The molecule has 1 N–H and O–H groups in total. The van der Waals surface area contributed by atoms with E-state index in [-0.39, 0.29) is 0 Å². The van der Waals surface area contributed by atoms with Gasteiger partial charge in [0.25, 0.3) is 0 Å². The molecule has 0 aliphatic rings. The zero-order valence-corrected chi connectivity index (χ0v) is 16.3. The van der Waals surface area contributed by atoms with Crippen molar-refractivity contribution in [1.82, 2.24) is 0 Å². The third-order valence-electron chi connectivity index (χ3n) is 4.28. The Morgan fingerprint density at radius 2 is 1.46 bits per heavy atom. The summed E-state index contributed by atoms with van der Waals surface area (Å²) in [5.74, 6) is 1.89. The second kappa shape index (κ2) is 12.2. The van der Waals surface area contributed by atoms with Gasteiger partial charge >= 0.3 is 0 Å². The van der Waals surface area contributed by atoms with Crippen molar-refractivity contribution in [3.8, 4) is 11.5 Å². The van der Waals surface area contributed by atoms with Crippen LogP contribution in [-0.2, 0) is 6.54 Å². The predicted octanol–water partition coefficient (Wildman–Crippen LogP) is 6.44. The number of rotatable bonds is 13. The lowest BCUT2D eigenvalue weighted by molar-refractivity contribution is 0.305. The Hall–Kier alpha value is -2.16. The van der Waals surface area contributed by atoms with E-state index in [9.17, 15) is 0 Å².